The number of aliphatic hydroxyl groups is 2. The summed E-state index contributed by atoms with van der Waals surface area (Å²) in [5, 5.41) is 24.8. The van der Waals surface area contributed by atoms with Crippen molar-refractivity contribution < 1.29 is 37.6 Å². The van der Waals surface area contributed by atoms with Crippen LogP contribution in [0, 0.1) is 5.92 Å². The number of alkyl halides is 3. The van der Waals surface area contributed by atoms with Crippen LogP contribution in [-0.4, -0.2) is 66.6 Å². The molecule has 1 fully saturated rings. The SMILES string of the molecule is COc1cc2c(c(OC)n1)[C@]1(O)[C@H](O)[C@H](CN(C)C)[C@@H](c3ccccc3)[C@]1(c1ccc(SC(F)(F)F)cc1)O2. The second-order valence-electron chi connectivity index (χ2n) is 9.98. The Morgan fingerprint density at radius 3 is 2.28 bits per heavy atom. The molecular weight excluding hydrogens is 533 g/mol. The molecule has 1 saturated carbocycles. The summed E-state index contributed by atoms with van der Waals surface area (Å²) in [4.78, 5) is 6.25. The summed E-state index contributed by atoms with van der Waals surface area (Å²) in [6.07, 6.45) is -1.36. The van der Waals surface area contributed by atoms with Gasteiger partial charge in [0.1, 0.15) is 5.75 Å². The van der Waals surface area contributed by atoms with Crippen LogP contribution >= 0.6 is 11.8 Å². The number of fused-ring (bicyclic) bond motifs is 3. The standard InChI is InChI=1S/C28H29F3N2O5S/c1-33(2)15-19-22(16-8-6-5-7-9-16)27(17-10-12-18(13-11-17)39-28(29,30)31)26(35,24(19)34)23-20(38-27)14-21(36-3)32-25(23)37-4/h5-14,19,22,24,34-35H,15H2,1-4H3/t19-,22-,24-,26+,27+/m1/s1. The molecule has 208 valence electrons. The maximum Gasteiger partial charge on any atom is 0.446 e. The largest absolute Gasteiger partial charge is 0.481 e. The van der Waals surface area contributed by atoms with Gasteiger partial charge in [0.05, 0.1) is 25.9 Å². The average Bonchev–Trinajstić information content (AvgIpc) is 3.26. The first kappa shape index (κ1) is 27.6. The molecule has 0 saturated heterocycles. The van der Waals surface area contributed by atoms with E-state index in [1.165, 1.54) is 44.6 Å². The summed E-state index contributed by atoms with van der Waals surface area (Å²) in [6.45, 7) is 0.386. The van der Waals surface area contributed by atoms with Gasteiger partial charge < -0.3 is 29.3 Å². The second kappa shape index (κ2) is 9.88. The highest BCUT2D eigenvalue weighted by Crippen LogP contribution is 2.70. The van der Waals surface area contributed by atoms with Gasteiger partial charge in [0.15, 0.2) is 11.2 Å². The molecule has 0 bridgehead atoms. The molecule has 2 N–H and O–H groups in total. The van der Waals surface area contributed by atoms with Crippen molar-refractivity contribution in [2.45, 2.75) is 33.6 Å². The Balaban J connectivity index is 1.80. The molecule has 5 rings (SSSR count). The molecule has 2 heterocycles. The third-order valence-corrected chi connectivity index (χ3v) is 8.24. The molecule has 0 unspecified atom stereocenters. The fourth-order valence-electron chi connectivity index (χ4n) is 6.19. The highest BCUT2D eigenvalue weighted by Gasteiger charge is 2.77. The first-order valence-corrected chi connectivity index (χ1v) is 13.1. The maximum absolute atomic E-state index is 13.1. The zero-order valence-electron chi connectivity index (χ0n) is 21.8. The van der Waals surface area contributed by atoms with Crippen LogP contribution in [0.15, 0.2) is 65.6 Å². The highest BCUT2D eigenvalue weighted by atomic mass is 32.2. The number of nitrogens with zero attached hydrogens (tertiary/aromatic N) is 2. The van der Waals surface area contributed by atoms with Gasteiger partial charge in [-0.25, -0.2) is 0 Å². The van der Waals surface area contributed by atoms with Crippen LogP contribution in [0.1, 0.15) is 22.6 Å². The number of benzene rings is 2. The summed E-state index contributed by atoms with van der Waals surface area (Å²) in [5.41, 5.74) is -6.81. The van der Waals surface area contributed by atoms with E-state index in [0.29, 0.717) is 12.1 Å². The van der Waals surface area contributed by atoms with Gasteiger partial charge in [0.25, 0.3) is 0 Å². The van der Waals surface area contributed by atoms with Gasteiger partial charge in [0.2, 0.25) is 11.8 Å². The molecule has 39 heavy (non-hydrogen) atoms. The Morgan fingerprint density at radius 2 is 1.72 bits per heavy atom. The van der Waals surface area contributed by atoms with Crippen LogP contribution in [0.2, 0.25) is 0 Å². The molecule has 1 aliphatic heterocycles. The minimum absolute atomic E-state index is 0.0118. The van der Waals surface area contributed by atoms with Gasteiger partial charge in [0, 0.05) is 29.3 Å². The Kier molecular flexibility index (Phi) is 6.99. The Bertz CT molecular complexity index is 1340. The number of hydrogen-bond acceptors (Lipinski definition) is 8. The van der Waals surface area contributed by atoms with Crippen LogP contribution < -0.4 is 14.2 Å². The first-order valence-electron chi connectivity index (χ1n) is 12.2. The van der Waals surface area contributed by atoms with Gasteiger partial charge in [-0.3, -0.25) is 0 Å². The van der Waals surface area contributed by atoms with E-state index >= 15 is 0 Å². The smallest absolute Gasteiger partial charge is 0.446 e. The van der Waals surface area contributed by atoms with E-state index in [1.807, 2.05) is 49.3 Å². The lowest BCUT2D eigenvalue weighted by atomic mass is 9.71. The molecule has 3 aromatic rings. The third-order valence-electron chi connectivity index (χ3n) is 7.50. The summed E-state index contributed by atoms with van der Waals surface area (Å²) >= 11 is -0.227. The zero-order valence-corrected chi connectivity index (χ0v) is 22.6. The van der Waals surface area contributed by atoms with Crippen LogP contribution in [0.25, 0.3) is 0 Å². The molecule has 0 radical (unpaired) electrons. The van der Waals surface area contributed by atoms with Crippen LogP contribution in [0.4, 0.5) is 13.2 Å². The van der Waals surface area contributed by atoms with E-state index in [1.54, 1.807) is 0 Å². The predicted molar refractivity (Wildman–Crippen MR) is 139 cm³/mol. The molecule has 5 atom stereocenters. The number of hydrogen-bond donors (Lipinski definition) is 2. The van der Waals surface area contributed by atoms with Crippen molar-refractivity contribution in [1.82, 2.24) is 9.88 Å². The molecule has 7 nitrogen and oxygen atoms in total. The fraction of sp³-hybridized carbons (Fsp3) is 0.393. The van der Waals surface area contributed by atoms with Gasteiger partial charge in [-0.2, -0.15) is 18.2 Å². The van der Waals surface area contributed by atoms with Gasteiger partial charge >= 0.3 is 5.51 Å². The number of rotatable bonds is 7. The van der Waals surface area contributed by atoms with Crippen molar-refractivity contribution in [3.05, 3.63) is 77.4 Å². The Labute approximate surface area is 228 Å². The monoisotopic (exact) mass is 562 g/mol. The van der Waals surface area contributed by atoms with Crippen molar-refractivity contribution in [2.75, 3.05) is 34.9 Å². The molecule has 2 aliphatic rings. The van der Waals surface area contributed by atoms with E-state index < -0.39 is 34.7 Å². The fourth-order valence-corrected chi connectivity index (χ4v) is 6.73. The summed E-state index contributed by atoms with van der Waals surface area (Å²) < 4.78 is 56.9. The van der Waals surface area contributed by atoms with E-state index in [-0.39, 0.29) is 39.7 Å². The number of methoxy groups -OCH3 is 2. The Hall–Kier alpha value is -2.99. The first-order chi connectivity index (χ1) is 18.5. The van der Waals surface area contributed by atoms with Gasteiger partial charge in [-0.05, 0) is 49.1 Å². The zero-order chi connectivity index (χ0) is 28.2. The lowest BCUT2D eigenvalue weighted by molar-refractivity contribution is -0.152. The van der Waals surface area contributed by atoms with Crippen molar-refractivity contribution in [2.24, 2.45) is 5.92 Å². The van der Waals surface area contributed by atoms with Crippen molar-refractivity contribution in [3.63, 3.8) is 0 Å². The molecule has 0 amide bonds. The van der Waals surface area contributed by atoms with Crippen LogP contribution in [0.5, 0.6) is 17.5 Å². The topological polar surface area (TPSA) is 84.3 Å². The number of pyridine rings is 1. The van der Waals surface area contributed by atoms with Gasteiger partial charge in [-0.1, -0.05) is 42.5 Å². The summed E-state index contributed by atoms with van der Waals surface area (Å²) in [5.74, 6) is -0.758. The lowest BCUT2D eigenvalue weighted by Crippen LogP contribution is -2.52. The molecule has 1 aromatic heterocycles. The van der Waals surface area contributed by atoms with Crippen molar-refractivity contribution >= 4 is 11.8 Å². The summed E-state index contributed by atoms with van der Waals surface area (Å²) in [7, 11) is 6.55. The third kappa shape index (κ3) is 4.32. The van der Waals surface area contributed by atoms with E-state index in [4.69, 9.17) is 14.2 Å². The maximum atomic E-state index is 13.1. The van der Waals surface area contributed by atoms with Crippen molar-refractivity contribution in [3.8, 4) is 17.5 Å². The van der Waals surface area contributed by atoms with E-state index in [9.17, 15) is 23.4 Å². The average molecular weight is 563 g/mol. The number of aromatic nitrogens is 1. The minimum Gasteiger partial charge on any atom is -0.481 e. The normalized spacial score (nSPS) is 27.7. The molecular formula is C28H29F3N2O5S. The number of halogens is 3. The lowest BCUT2D eigenvalue weighted by Gasteiger charge is -2.41. The predicted octanol–water partition coefficient (Wildman–Crippen LogP) is 4.52. The quantitative estimate of drug-likeness (QED) is 0.407. The molecule has 0 spiro atoms. The number of ether oxygens (including phenoxy) is 3. The highest BCUT2D eigenvalue weighted by molar-refractivity contribution is 8.00. The van der Waals surface area contributed by atoms with Crippen molar-refractivity contribution in [1.29, 1.82) is 0 Å². The summed E-state index contributed by atoms with van der Waals surface area (Å²) in [6, 6.07) is 16.6. The van der Waals surface area contributed by atoms with E-state index in [0.717, 1.165) is 5.56 Å². The van der Waals surface area contributed by atoms with Crippen LogP contribution in [0.3, 0.4) is 0 Å². The second-order valence-corrected chi connectivity index (χ2v) is 11.1. The van der Waals surface area contributed by atoms with Gasteiger partial charge in [-0.15, -0.1) is 0 Å². The molecule has 1 aliphatic carbocycles. The molecule has 11 heteroatoms. The van der Waals surface area contributed by atoms with Crippen LogP contribution in [-0.2, 0) is 11.2 Å². The molecule has 2 aromatic carbocycles. The number of aliphatic hydroxyl groups excluding tert-OH is 1. The van der Waals surface area contributed by atoms with E-state index in [2.05, 4.69) is 4.98 Å². The number of thioether (sulfide) groups is 1. The Morgan fingerprint density at radius 1 is 1.05 bits per heavy atom. The minimum atomic E-state index is -4.46.